The van der Waals surface area contributed by atoms with Crippen LogP contribution in [0.4, 0.5) is 11.4 Å². The van der Waals surface area contributed by atoms with Gasteiger partial charge in [-0.15, -0.1) is 0 Å². The lowest BCUT2D eigenvalue weighted by Gasteiger charge is -2.30. The molecule has 406 valence electrons. The third kappa shape index (κ3) is 17.4. The monoisotopic (exact) mass is 1100 g/mol. The minimum absolute atomic E-state index is 0.0305. The largest absolute Gasteiger partial charge is 0.356 e. The summed E-state index contributed by atoms with van der Waals surface area (Å²) in [6, 6.07) is 8.88. The molecule has 3 aliphatic rings. The molecule has 2 heterocycles. The normalized spacial score (nSPS) is 20.6. The zero-order chi connectivity index (χ0) is 54.2. The van der Waals surface area contributed by atoms with Crippen LogP contribution in [0, 0.1) is 0 Å². The van der Waals surface area contributed by atoms with Crippen molar-refractivity contribution in [2.45, 2.75) is 131 Å². The van der Waals surface area contributed by atoms with Crippen LogP contribution in [0.1, 0.15) is 121 Å². The molecular formula is C53H73N4O13S4+. The van der Waals surface area contributed by atoms with Crippen LogP contribution in [0.25, 0.3) is 0 Å². The lowest BCUT2D eigenvalue weighted by Crippen LogP contribution is -2.31. The zero-order valence-electron chi connectivity index (χ0n) is 42.3. The summed E-state index contributed by atoms with van der Waals surface area (Å²) in [5, 5.41) is 2.96. The molecule has 0 fully saturated rings. The summed E-state index contributed by atoms with van der Waals surface area (Å²) in [5.74, 6) is -0.947. The number of allylic oxidation sites excluding steroid dienone is 14. The van der Waals surface area contributed by atoms with Crippen molar-refractivity contribution in [1.82, 2.24) is 5.32 Å². The van der Waals surface area contributed by atoms with Crippen LogP contribution in [0.15, 0.2) is 130 Å². The lowest BCUT2D eigenvalue weighted by molar-refractivity contribution is -0.438. The fraction of sp³-hybridized carbons (Fsp3) is 0.472. The summed E-state index contributed by atoms with van der Waals surface area (Å²) < 4.78 is 138. The molecular weight excluding hydrogens is 1030 g/mol. The smallest absolute Gasteiger partial charge is 0.294 e. The average Bonchev–Trinajstić information content (AvgIpc) is 3.68. The summed E-state index contributed by atoms with van der Waals surface area (Å²) in [6.45, 7) is 6.04. The molecule has 0 saturated heterocycles. The van der Waals surface area contributed by atoms with Crippen molar-refractivity contribution in [2.75, 3.05) is 42.6 Å². The number of benzene rings is 2. The maximum Gasteiger partial charge on any atom is 0.294 e. The van der Waals surface area contributed by atoms with Gasteiger partial charge in [-0.3, -0.25) is 23.0 Å². The standard InChI is InChI=1S/C53H72N4O13S4/c1-52(32-14-19-38-71(59,60)61)45-40-43(73(65,66)67)28-30-47(45)56(36-18-7-13-27-51(58)55-35-17-8-16-34-54)49(52)25-11-6-12-26-50-53(2,33-15-20-39-72(62,63)64)46-41-44(74(68,69)70)29-31-48(46)57(50)37-21-24-42-22-9-4-3-5-10-23-42/h3-6,9-12,22-23,25-26,28-31,40-41H,7-8,13-21,24,27,32-39,54H2,1-2H3,(H4-,55,58,59,60,61,62,63,64,65,66,67,68,69,70)/p+1/b4-3-,5-3?,9-4?,10-5-,22-9?,23-10?,42-22?,42-23?. The van der Waals surface area contributed by atoms with E-state index in [4.69, 9.17) is 5.73 Å². The maximum atomic E-state index is 12.6. The first kappa shape index (κ1) is 60.0. The summed E-state index contributed by atoms with van der Waals surface area (Å²) in [4.78, 5) is 14.1. The number of nitrogens with one attached hydrogen (secondary N) is 1. The Kier molecular flexibility index (Phi) is 21.7. The van der Waals surface area contributed by atoms with E-state index in [1.807, 2.05) is 86.8 Å². The van der Waals surface area contributed by atoms with E-state index in [0.717, 1.165) is 41.9 Å². The van der Waals surface area contributed by atoms with E-state index in [0.29, 0.717) is 107 Å². The molecule has 5 rings (SSSR count). The maximum absolute atomic E-state index is 12.6. The third-order valence-corrected chi connectivity index (χ3v) is 17.1. The Balaban J connectivity index is 1.53. The van der Waals surface area contributed by atoms with Gasteiger partial charge in [0.05, 0.1) is 26.7 Å². The van der Waals surface area contributed by atoms with Crippen LogP contribution < -0.4 is 16.0 Å². The SMILES string of the molecule is CC1(CCCCS(=O)(=O)O)C(/C=C/C=C/C=C2/N(CCCCCC(=O)NCCCCCN)c3ccc(S(=O)(=O)O)cc3C2(C)CCCCS(=O)(=O)O)=[N+](CCCC2=C/C=C\C=C/C=C2)c2ccc(S(=O)(=O)O)cc21. The molecule has 2 aliphatic heterocycles. The zero-order valence-corrected chi connectivity index (χ0v) is 45.6. The molecule has 2 aromatic carbocycles. The number of hydrogen-bond donors (Lipinski definition) is 6. The summed E-state index contributed by atoms with van der Waals surface area (Å²) >= 11 is 0. The minimum Gasteiger partial charge on any atom is -0.356 e. The Morgan fingerprint density at radius 2 is 1.30 bits per heavy atom. The molecule has 1 aliphatic carbocycles. The molecule has 0 radical (unpaired) electrons. The van der Waals surface area contributed by atoms with E-state index in [1.165, 1.54) is 24.3 Å². The molecule has 0 bridgehead atoms. The Labute approximate surface area is 438 Å². The second-order valence-electron chi connectivity index (χ2n) is 19.4. The van der Waals surface area contributed by atoms with Gasteiger partial charge in [-0.25, -0.2) is 0 Å². The van der Waals surface area contributed by atoms with Crippen LogP contribution >= 0.6 is 0 Å². The molecule has 21 heteroatoms. The van der Waals surface area contributed by atoms with Gasteiger partial charge in [-0.05, 0) is 126 Å². The average molecular weight is 1100 g/mol. The number of hydrogen-bond acceptors (Lipinski definition) is 11. The molecule has 7 N–H and O–H groups in total. The van der Waals surface area contributed by atoms with Gasteiger partial charge >= 0.3 is 0 Å². The number of nitrogens with two attached hydrogens (primary N) is 1. The van der Waals surface area contributed by atoms with Gasteiger partial charge in [0, 0.05) is 60.4 Å². The molecule has 0 spiro atoms. The molecule has 74 heavy (non-hydrogen) atoms. The first-order valence-electron chi connectivity index (χ1n) is 25.2. The number of amides is 1. The molecule has 1 amide bonds. The number of carbonyl (C=O) groups excluding carboxylic acids is 1. The Morgan fingerprint density at radius 3 is 1.96 bits per heavy atom. The number of anilines is 1. The number of unbranched alkanes of at least 4 members (excludes halogenated alkanes) is 6. The van der Waals surface area contributed by atoms with Gasteiger partial charge in [0.1, 0.15) is 6.54 Å². The molecule has 2 aromatic rings. The number of carbonyl (C=O) groups is 1. The van der Waals surface area contributed by atoms with Crippen molar-refractivity contribution in [1.29, 1.82) is 0 Å². The van der Waals surface area contributed by atoms with E-state index in [-0.39, 0.29) is 28.5 Å². The van der Waals surface area contributed by atoms with Crippen LogP contribution in [0.2, 0.25) is 0 Å². The van der Waals surface area contributed by atoms with E-state index < -0.39 is 62.8 Å². The van der Waals surface area contributed by atoms with Crippen LogP contribution in [0.3, 0.4) is 0 Å². The summed E-state index contributed by atoms with van der Waals surface area (Å²) in [7, 11) is -17.7. The molecule has 17 nitrogen and oxygen atoms in total. The molecule has 0 aromatic heterocycles. The number of fused-ring (bicyclic) bond motifs is 2. The van der Waals surface area contributed by atoms with Crippen LogP contribution in [0.5, 0.6) is 0 Å². The van der Waals surface area contributed by atoms with E-state index in [9.17, 15) is 56.7 Å². The fourth-order valence-electron chi connectivity index (χ4n) is 9.98. The molecule has 2 unspecified atom stereocenters. The van der Waals surface area contributed by atoms with E-state index in [1.54, 1.807) is 12.1 Å². The summed E-state index contributed by atoms with van der Waals surface area (Å²) in [6.07, 6.45) is 31.2. The lowest BCUT2D eigenvalue weighted by atomic mass is 9.75. The van der Waals surface area contributed by atoms with E-state index in [2.05, 4.69) is 14.8 Å². The topological polar surface area (TPSA) is 279 Å². The van der Waals surface area contributed by atoms with Crippen molar-refractivity contribution < 1.29 is 61.3 Å². The Morgan fingerprint density at radius 1 is 0.676 bits per heavy atom. The van der Waals surface area contributed by atoms with Crippen molar-refractivity contribution in [2.24, 2.45) is 5.73 Å². The molecule has 2 atom stereocenters. The second-order valence-corrected chi connectivity index (χ2v) is 25.4. The number of rotatable bonds is 30. The van der Waals surface area contributed by atoms with Gasteiger partial charge in [0.2, 0.25) is 11.6 Å². The third-order valence-electron chi connectivity index (χ3n) is 13.8. The summed E-state index contributed by atoms with van der Waals surface area (Å²) in [5.41, 5.74) is 9.05. The van der Waals surface area contributed by atoms with E-state index >= 15 is 0 Å². The van der Waals surface area contributed by atoms with Gasteiger partial charge < -0.3 is 16.0 Å². The quantitative estimate of drug-likeness (QED) is 0.0185. The molecule has 0 saturated carbocycles. The van der Waals surface area contributed by atoms with Crippen molar-refractivity contribution in [3.05, 3.63) is 132 Å². The highest BCUT2D eigenvalue weighted by Gasteiger charge is 2.48. The van der Waals surface area contributed by atoms with Gasteiger partial charge in [-0.2, -0.15) is 38.2 Å². The predicted octanol–water partition coefficient (Wildman–Crippen LogP) is 8.62. The Hall–Kier alpha value is -4.84. The first-order valence-corrected chi connectivity index (χ1v) is 31.3. The number of nitrogens with zero attached hydrogens (tertiary/aromatic N) is 2. The van der Waals surface area contributed by atoms with Crippen LogP contribution in [-0.2, 0) is 56.1 Å². The Bertz CT molecular complexity index is 3050. The minimum atomic E-state index is -4.62. The van der Waals surface area contributed by atoms with Gasteiger partial charge in [0.25, 0.3) is 40.5 Å². The van der Waals surface area contributed by atoms with Crippen molar-refractivity contribution >= 4 is 63.5 Å². The first-order chi connectivity index (χ1) is 34.9. The van der Waals surface area contributed by atoms with Crippen LogP contribution in [-0.4, -0.2) is 106 Å². The van der Waals surface area contributed by atoms with Gasteiger partial charge in [0.15, 0.2) is 5.71 Å². The highest BCUT2D eigenvalue weighted by molar-refractivity contribution is 7.86. The predicted molar refractivity (Wildman–Crippen MR) is 290 cm³/mol. The fourth-order valence-corrected chi connectivity index (χ4v) is 12.1. The van der Waals surface area contributed by atoms with Gasteiger partial charge in [-0.1, -0.05) is 86.4 Å². The van der Waals surface area contributed by atoms with Crippen molar-refractivity contribution in [3.63, 3.8) is 0 Å². The highest BCUT2D eigenvalue weighted by Crippen LogP contribution is 2.52. The van der Waals surface area contributed by atoms with Crippen molar-refractivity contribution in [3.8, 4) is 0 Å². The second kappa shape index (κ2) is 26.8. The highest BCUT2D eigenvalue weighted by atomic mass is 32.2.